The summed E-state index contributed by atoms with van der Waals surface area (Å²) in [5.41, 5.74) is 0.356. The van der Waals surface area contributed by atoms with Gasteiger partial charge < -0.3 is 20.1 Å². The highest BCUT2D eigenvalue weighted by atomic mass is 32.2. The first-order valence-corrected chi connectivity index (χ1v) is 10.1. The van der Waals surface area contributed by atoms with Crippen LogP contribution in [0.3, 0.4) is 0 Å². The molecule has 1 heterocycles. The molecule has 1 atom stereocenters. The summed E-state index contributed by atoms with van der Waals surface area (Å²) in [7, 11) is -1.88. The second-order valence-electron chi connectivity index (χ2n) is 6.06. The summed E-state index contributed by atoms with van der Waals surface area (Å²) >= 11 is 0. The number of nitrogens with one attached hydrogen (secondary N) is 2. The summed E-state index contributed by atoms with van der Waals surface area (Å²) in [6.45, 7) is 5.93. The van der Waals surface area contributed by atoms with Crippen LogP contribution in [0.15, 0.2) is 23.1 Å². The van der Waals surface area contributed by atoms with E-state index in [4.69, 9.17) is 9.47 Å². The molecule has 2 N–H and O–H groups in total. The lowest BCUT2D eigenvalue weighted by molar-refractivity contribution is -0.119. The van der Waals surface area contributed by atoms with Gasteiger partial charge in [0.15, 0.2) is 0 Å². The molecule has 146 valence electrons. The van der Waals surface area contributed by atoms with Crippen LogP contribution in [0.1, 0.15) is 13.8 Å². The van der Waals surface area contributed by atoms with E-state index in [2.05, 4.69) is 10.6 Å². The molecule has 0 radical (unpaired) electrons. The Bertz CT molecular complexity index is 717. The molecule has 0 bridgehead atoms. The van der Waals surface area contributed by atoms with Crippen LogP contribution in [0, 0.1) is 5.92 Å². The summed E-state index contributed by atoms with van der Waals surface area (Å²) in [4.78, 5) is 12.5. The molecular formula is C17H27N3O5S. The van der Waals surface area contributed by atoms with Crippen LogP contribution in [0.2, 0.25) is 0 Å². The molecule has 1 unspecified atom stereocenters. The number of ether oxygens (including phenoxy) is 2. The van der Waals surface area contributed by atoms with Crippen molar-refractivity contribution in [3.63, 3.8) is 0 Å². The minimum absolute atomic E-state index is 0.124. The quantitative estimate of drug-likeness (QED) is 0.690. The number of hydrogen-bond acceptors (Lipinski definition) is 6. The molecular weight excluding hydrogens is 358 g/mol. The van der Waals surface area contributed by atoms with Crippen molar-refractivity contribution in [3.05, 3.63) is 18.2 Å². The number of amides is 1. The molecule has 1 aromatic carbocycles. The monoisotopic (exact) mass is 385 g/mol. The number of morpholine rings is 1. The van der Waals surface area contributed by atoms with E-state index in [1.54, 1.807) is 20.0 Å². The van der Waals surface area contributed by atoms with Crippen molar-refractivity contribution in [2.24, 2.45) is 5.92 Å². The van der Waals surface area contributed by atoms with E-state index in [9.17, 15) is 13.2 Å². The fourth-order valence-corrected chi connectivity index (χ4v) is 4.07. The van der Waals surface area contributed by atoms with Crippen LogP contribution in [-0.2, 0) is 19.6 Å². The van der Waals surface area contributed by atoms with E-state index in [0.717, 1.165) is 0 Å². The Morgan fingerprint density at radius 1 is 1.35 bits per heavy atom. The molecule has 0 saturated carbocycles. The molecule has 1 aliphatic heterocycles. The van der Waals surface area contributed by atoms with Gasteiger partial charge in [0.2, 0.25) is 15.9 Å². The predicted octanol–water partition coefficient (Wildman–Crippen LogP) is 0.900. The number of rotatable bonds is 8. The van der Waals surface area contributed by atoms with Crippen LogP contribution >= 0.6 is 0 Å². The molecule has 1 aliphatic rings. The largest absolute Gasteiger partial charge is 0.492 e. The van der Waals surface area contributed by atoms with Gasteiger partial charge in [-0.1, -0.05) is 6.92 Å². The molecule has 1 amide bonds. The van der Waals surface area contributed by atoms with Crippen molar-refractivity contribution in [3.8, 4) is 5.75 Å². The average molecular weight is 385 g/mol. The third kappa shape index (κ3) is 4.94. The number of benzene rings is 1. The Labute approximate surface area is 154 Å². The molecule has 26 heavy (non-hydrogen) atoms. The summed E-state index contributed by atoms with van der Waals surface area (Å²) < 4.78 is 37.8. The SMILES string of the molecule is CCOc1ccc(S(=O)(=O)N2CCOCC2)cc1NC(=O)C(C)CNC. The lowest BCUT2D eigenvalue weighted by Gasteiger charge is -2.26. The Hall–Kier alpha value is -1.68. The maximum atomic E-state index is 12.8. The van der Waals surface area contributed by atoms with E-state index in [1.807, 2.05) is 6.92 Å². The van der Waals surface area contributed by atoms with Crippen LogP contribution in [-0.4, -0.2) is 65.1 Å². The smallest absolute Gasteiger partial charge is 0.243 e. The number of nitrogens with zero attached hydrogens (tertiary/aromatic N) is 1. The summed E-state index contributed by atoms with van der Waals surface area (Å²) in [6, 6.07) is 4.54. The normalized spacial score (nSPS) is 16.9. The van der Waals surface area contributed by atoms with Gasteiger partial charge in [-0.25, -0.2) is 8.42 Å². The van der Waals surface area contributed by atoms with Gasteiger partial charge in [0, 0.05) is 25.6 Å². The maximum absolute atomic E-state index is 12.8. The highest BCUT2D eigenvalue weighted by Crippen LogP contribution is 2.30. The summed E-state index contributed by atoms with van der Waals surface area (Å²) in [6.07, 6.45) is 0. The zero-order valence-electron chi connectivity index (χ0n) is 15.4. The topological polar surface area (TPSA) is 97.0 Å². The first-order valence-electron chi connectivity index (χ1n) is 8.70. The van der Waals surface area contributed by atoms with Crippen molar-refractivity contribution < 1.29 is 22.7 Å². The average Bonchev–Trinajstić information content (AvgIpc) is 2.64. The lowest BCUT2D eigenvalue weighted by atomic mass is 10.1. The standard InChI is InChI=1S/C17H27N3O5S/c1-4-25-16-6-5-14(26(22,23)20-7-9-24-10-8-20)11-15(16)19-17(21)13(2)12-18-3/h5-6,11,13,18H,4,7-10,12H2,1-3H3,(H,19,21). The van der Waals surface area contributed by atoms with Crippen molar-refractivity contribution in [1.82, 2.24) is 9.62 Å². The van der Waals surface area contributed by atoms with Crippen LogP contribution in [0.4, 0.5) is 5.69 Å². The molecule has 0 aliphatic carbocycles. The van der Waals surface area contributed by atoms with Crippen molar-refractivity contribution in [2.45, 2.75) is 18.7 Å². The lowest BCUT2D eigenvalue weighted by Crippen LogP contribution is -2.40. The van der Waals surface area contributed by atoms with E-state index < -0.39 is 10.0 Å². The number of carbonyl (C=O) groups is 1. The number of hydrogen-bond donors (Lipinski definition) is 2. The van der Waals surface area contributed by atoms with Crippen molar-refractivity contribution in [2.75, 3.05) is 51.8 Å². The molecule has 0 spiro atoms. The first kappa shape index (κ1) is 20.6. The Morgan fingerprint density at radius 2 is 2.04 bits per heavy atom. The molecule has 8 nitrogen and oxygen atoms in total. The maximum Gasteiger partial charge on any atom is 0.243 e. The van der Waals surface area contributed by atoms with Gasteiger partial charge in [-0.3, -0.25) is 4.79 Å². The zero-order chi connectivity index (χ0) is 19.2. The Kier molecular flexibility index (Phi) is 7.39. The second kappa shape index (κ2) is 9.31. The number of carbonyl (C=O) groups excluding carboxylic acids is 1. The minimum Gasteiger partial charge on any atom is -0.492 e. The molecule has 9 heteroatoms. The Morgan fingerprint density at radius 3 is 2.65 bits per heavy atom. The van der Waals surface area contributed by atoms with Gasteiger partial charge in [0.1, 0.15) is 5.75 Å². The van der Waals surface area contributed by atoms with Crippen molar-refractivity contribution in [1.29, 1.82) is 0 Å². The van der Waals surface area contributed by atoms with Gasteiger partial charge in [-0.15, -0.1) is 0 Å². The second-order valence-corrected chi connectivity index (χ2v) is 7.99. The Balaban J connectivity index is 2.30. The first-order chi connectivity index (χ1) is 12.4. The van der Waals surface area contributed by atoms with Crippen LogP contribution in [0.25, 0.3) is 0 Å². The molecule has 0 aromatic heterocycles. The molecule has 1 fully saturated rings. The number of anilines is 1. The van der Waals surface area contributed by atoms with Gasteiger partial charge in [-0.2, -0.15) is 4.31 Å². The predicted molar refractivity (Wildman–Crippen MR) is 98.9 cm³/mol. The summed E-state index contributed by atoms with van der Waals surface area (Å²) in [5.74, 6) is -0.0337. The van der Waals surface area contributed by atoms with Crippen LogP contribution < -0.4 is 15.4 Å². The van der Waals surface area contributed by atoms with E-state index >= 15 is 0 Å². The van der Waals surface area contributed by atoms with Gasteiger partial charge in [0.25, 0.3) is 0 Å². The number of sulfonamides is 1. The van der Waals surface area contributed by atoms with Gasteiger partial charge in [-0.05, 0) is 32.2 Å². The van der Waals surface area contributed by atoms with Crippen LogP contribution in [0.5, 0.6) is 5.75 Å². The molecule has 1 saturated heterocycles. The van der Waals surface area contributed by atoms with E-state index in [0.29, 0.717) is 50.9 Å². The summed E-state index contributed by atoms with van der Waals surface area (Å²) in [5, 5.41) is 5.73. The zero-order valence-corrected chi connectivity index (χ0v) is 16.3. The highest BCUT2D eigenvalue weighted by molar-refractivity contribution is 7.89. The fraction of sp³-hybridized carbons (Fsp3) is 0.588. The third-order valence-corrected chi connectivity index (χ3v) is 5.97. The molecule has 2 rings (SSSR count). The minimum atomic E-state index is -3.65. The highest BCUT2D eigenvalue weighted by Gasteiger charge is 2.27. The van der Waals surface area contributed by atoms with Gasteiger partial charge in [0.05, 0.1) is 30.4 Å². The third-order valence-electron chi connectivity index (χ3n) is 4.07. The molecule has 1 aromatic rings. The van der Waals surface area contributed by atoms with Crippen molar-refractivity contribution >= 4 is 21.6 Å². The van der Waals surface area contributed by atoms with E-state index in [1.165, 1.54) is 16.4 Å². The van der Waals surface area contributed by atoms with E-state index in [-0.39, 0.29) is 16.7 Å². The fourth-order valence-electron chi connectivity index (χ4n) is 2.64. The van der Waals surface area contributed by atoms with Gasteiger partial charge >= 0.3 is 0 Å².